The van der Waals surface area contributed by atoms with Crippen LogP contribution in [0.1, 0.15) is 33.4 Å². The van der Waals surface area contributed by atoms with Crippen LogP contribution < -0.4 is 9.64 Å². The first kappa shape index (κ1) is 18.7. The average molecular weight is 387 g/mol. The Bertz CT molecular complexity index is 1030. The molecule has 0 bridgehead atoms. The van der Waals surface area contributed by atoms with E-state index in [2.05, 4.69) is 0 Å². The van der Waals surface area contributed by atoms with E-state index < -0.39 is 12.0 Å². The number of methoxy groups -OCH3 is 2. The highest BCUT2D eigenvalue weighted by molar-refractivity contribution is 6.11. The Morgan fingerprint density at radius 1 is 0.862 bits per heavy atom. The van der Waals surface area contributed by atoms with Gasteiger partial charge in [-0.15, -0.1) is 0 Å². The molecule has 0 aliphatic carbocycles. The lowest BCUT2D eigenvalue weighted by atomic mass is 9.79. The fourth-order valence-electron chi connectivity index (χ4n) is 3.93. The van der Waals surface area contributed by atoms with Crippen LogP contribution in [0.5, 0.6) is 5.75 Å². The van der Waals surface area contributed by atoms with Gasteiger partial charge in [-0.2, -0.15) is 0 Å². The number of carbonyl (C=O) groups is 2. The highest BCUT2D eigenvalue weighted by Crippen LogP contribution is 2.45. The number of ether oxygens (including phenoxy) is 2. The van der Waals surface area contributed by atoms with Gasteiger partial charge in [0.25, 0.3) is 5.91 Å². The molecule has 3 aromatic rings. The van der Waals surface area contributed by atoms with Gasteiger partial charge in [-0.05, 0) is 41.5 Å². The Hall–Kier alpha value is -3.60. The third-order valence-electron chi connectivity index (χ3n) is 5.29. The molecule has 1 aliphatic rings. The maximum Gasteiger partial charge on any atom is 0.315 e. The topological polar surface area (TPSA) is 55.8 Å². The number of carbonyl (C=O) groups excluding carboxylic acids is 2. The van der Waals surface area contributed by atoms with E-state index in [1.807, 2.05) is 54.6 Å². The number of hydrogen-bond donors (Lipinski definition) is 0. The third-order valence-corrected chi connectivity index (χ3v) is 5.29. The summed E-state index contributed by atoms with van der Waals surface area (Å²) in [5.74, 6) is -0.477. The largest absolute Gasteiger partial charge is 0.497 e. The van der Waals surface area contributed by atoms with Gasteiger partial charge in [0.15, 0.2) is 0 Å². The molecule has 5 nitrogen and oxygen atoms in total. The van der Waals surface area contributed by atoms with Crippen LogP contribution in [0.4, 0.5) is 5.69 Å². The summed E-state index contributed by atoms with van der Waals surface area (Å²) < 4.78 is 10.4. The van der Waals surface area contributed by atoms with Crippen LogP contribution in [0.2, 0.25) is 0 Å². The maximum atomic E-state index is 13.6. The van der Waals surface area contributed by atoms with Crippen LogP contribution in [-0.4, -0.2) is 26.1 Å². The van der Waals surface area contributed by atoms with Crippen molar-refractivity contribution in [1.82, 2.24) is 0 Å². The number of rotatable bonds is 4. The van der Waals surface area contributed by atoms with E-state index in [4.69, 9.17) is 9.47 Å². The van der Waals surface area contributed by atoms with Crippen molar-refractivity contribution >= 4 is 17.6 Å². The molecule has 0 N–H and O–H groups in total. The predicted molar refractivity (Wildman–Crippen MR) is 110 cm³/mol. The second-order valence-corrected chi connectivity index (χ2v) is 6.82. The number of hydrogen-bond acceptors (Lipinski definition) is 4. The SMILES string of the molecule is COC(=O)[C@@H]1c2ccccc2C(=O)N(c2ccc(OC)cc2)[C@H]1c1ccccc1. The predicted octanol–water partition coefficient (Wildman–Crippen LogP) is 4.35. The van der Waals surface area contributed by atoms with Gasteiger partial charge in [-0.3, -0.25) is 14.5 Å². The molecule has 0 saturated carbocycles. The second-order valence-electron chi connectivity index (χ2n) is 6.82. The Kier molecular flexibility index (Phi) is 5.04. The molecule has 0 unspecified atom stereocenters. The fraction of sp³-hybridized carbons (Fsp3) is 0.167. The molecule has 3 aromatic carbocycles. The molecule has 5 heteroatoms. The van der Waals surface area contributed by atoms with Crippen molar-refractivity contribution in [2.75, 3.05) is 19.1 Å². The number of esters is 1. The summed E-state index contributed by atoms with van der Waals surface area (Å²) in [6.45, 7) is 0. The zero-order valence-corrected chi connectivity index (χ0v) is 16.2. The summed E-state index contributed by atoms with van der Waals surface area (Å²) in [6.07, 6.45) is 0. The number of anilines is 1. The van der Waals surface area contributed by atoms with Gasteiger partial charge in [0.2, 0.25) is 0 Å². The first-order valence-corrected chi connectivity index (χ1v) is 9.35. The molecule has 0 radical (unpaired) electrons. The van der Waals surface area contributed by atoms with E-state index >= 15 is 0 Å². The molecule has 0 spiro atoms. The highest BCUT2D eigenvalue weighted by Gasteiger charge is 2.45. The van der Waals surface area contributed by atoms with E-state index in [1.165, 1.54) is 7.11 Å². The highest BCUT2D eigenvalue weighted by atomic mass is 16.5. The van der Waals surface area contributed by atoms with Crippen LogP contribution in [-0.2, 0) is 9.53 Å². The van der Waals surface area contributed by atoms with Gasteiger partial charge in [0.05, 0.1) is 20.3 Å². The Morgan fingerprint density at radius 3 is 2.17 bits per heavy atom. The van der Waals surface area contributed by atoms with E-state index in [-0.39, 0.29) is 11.9 Å². The van der Waals surface area contributed by atoms with Crippen molar-refractivity contribution in [3.8, 4) is 5.75 Å². The Balaban J connectivity index is 1.95. The third kappa shape index (κ3) is 3.25. The van der Waals surface area contributed by atoms with Gasteiger partial charge in [0.1, 0.15) is 11.7 Å². The molecule has 0 saturated heterocycles. The van der Waals surface area contributed by atoms with Gasteiger partial charge in [-0.1, -0.05) is 48.5 Å². The molecule has 146 valence electrons. The lowest BCUT2D eigenvalue weighted by Gasteiger charge is -2.41. The lowest BCUT2D eigenvalue weighted by Crippen LogP contribution is -2.45. The van der Waals surface area contributed by atoms with Gasteiger partial charge < -0.3 is 9.47 Å². The molecular weight excluding hydrogens is 366 g/mol. The van der Waals surface area contributed by atoms with Crippen LogP contribution >= 0.6 is 0 Å². The van der Waals surface area contributed by atoms with Gasteiger partial charge in [0, 0.05) is 11.3 Å². The van der Waals surface area contributed by atoms with Gasteiger partial charge >= 0.3 is 5.97 Å². The monoisotopic (exact) mass is 387 g/mol. The Labute approximate surface area is 169 Å². The number of nitrogens with zero attached hydrogens (tertiary/aromatic N) is 1. The van der Waals surface area contributed by atoms with Crippen molar-refractivity contribution in [1.29, 1.82) is 0 Å². The second kappa shape index (κ2) is 7.80. The van der Waals surface area contributed by atoms with Crippen molar-refractivity contribution in [2.24, 2.45) is 0 Å². The summed E-state index contributed by atoms with van der Waals surface area (Å²) in [4.78, 5) is 28.2. The maximum absolute atomic E-state index is 13.6. The smallest absolute Gasteiger partial charge is 0.315 e. The minimum Gasteiger partial charge on any atom is -0.497 e. The van der Waals surface area contributed by atoms with Crippen molar-refractivity contribution in [2.45, 2.75) is 12.0 Å². The van der Waals surface area contributed by atoms with Crippen LogP contribution in [0, 0.1) is 0 Å². The molecule has 4 rings (SSSR count). The molecule has 1 amide bonds. The first-order chi connectivity index (χ1) is 14.2. The summed E-state index contributed by atoms with van der Waals surface area (Å²) >= 11 is 0. The normalized spacial score (nSPS) is 18.1. The van der Waals surface area contributed by atoms with Crippen LogP contribution in [0.3, 0.4) is 0 Å². The molecular formula is C24H21NO4. The van der Waals surface area contributed by atoms with Crippen LogP contribution in [0.25, 0.3) is 0 Å². The molecule has 1 heterocycles. The zero-order chi connectivity index (χ0) is 20.4. The number of amides is 1. The van der Waals surface area contributed by atoms with E-state index in [0.29, 0.717) is 22.6 Å². The van der Waals surface area contributed by atoms with E-state index in [0.717, 1.165) is 5.56 Å². The Morgan fingerprint density at radius 2 is 1.52 bits per heavy atom. The molecule has 2 atom stereocenters. The number of fused-ring (bicyclic) bond motifs is 1. The minimum absolute atomic E-state index is 0.153. The molecule has 1 aliphatic heterocycles. The summed E-state index contributed by atoms with van der Waals surface area (Å²) in [5.41, 5.74) is 2.74. The molecule has 0 aromatic heterocycles. The summed E-state index contributed by atoms with van der Waals surface area (Å²) in [5, 5.41) is 0. The lowest BCUT2D eigenvalue weighted by molar-refractivity contribution is -0.143. The van der Waals surface area contributed by atoms with Crippen LogP contribution in [0.15, 0.2) is 78.9 Å². The molecule has 0 fully saturated rings. The van der Waals surface area contributed by atoms with E-state index in [1.54, 1.807) is 36.3 Å². The van der Waals surface area contributed by atoms with Crippen molar-refractivity contribution in [3.05, 3.63) is 95.6 Å². The van der Waals surface area contributed by atoms with Crippen molar-refractivity contribution < 1.29 is 19.1 Å². The van der Waals surface area contributed by atoms with E-state index in [9.17, 15) is 9.59 Å². The zero-order valence-electron chi connectivity index (χ0n) is 16.2. The average Bonchev–Trinajstić information content (AvgIpc) is 2.79. The first-order valence-electron chi connectivity index (χ1n) is 9.35. The van der Waals surface area contributed by atoms with Gasteiger partial charge in [-0.25, -0.2) is 0 Å². The fourth-order valence-corrected chi connectivity index (χ4v) is 3.93. The quantitative estimate of drug-likeness (QED) is 0.625. The summed E-state index contributed by atoms with van der Waals surface area (Å²) in [6, 6.07) is 23.5. The standard InChI is InChI=1S/C24H21NO4/c1-28-18-14-12-17(13-15-18)25-22(16-8-4-3-5-9-16)21(24(27)29-2)19-10-6-7-11-20(19)23(25)26/h3-15,21-22H,1-2H3/t21-,22+/m1/s1. The molecule has 29 heavy (non-hydrogen) atoms. The van der Waals surface area contributed by atoms with Crippen molar-refractivity contribution in [3.63, 3.8) is 0 Å². The summed E-state index contributed by atoms with van der Waals surface area (Å²) in [7, 11) is 2.97. The minimum atomic E-state index is -0.640. The number of benzene rings is 3.